The van der Waals surface area contributed by atoms with Crippen molar-refractivity contribution >= 4 is 54.7 Å². The number of benzene rings is 7. The standard InChI is InChI=1S/C43H27N3O/c1-3-12-30(13-4-1)45-37-19-9-7-16-33(37)35-26-29(23-25-39(35)45)43-44-36-24-22-28(27-41(36)47-43)32-18-11-21-40-42(32)34-17-8-10-20-38(34)46(40)31-14-5-2-6-15-31/h1-27H. The lowest BCUT2D eigenvalue weighted by molar-refractivity contribution is 0.620. The van der Waals surface area contributed by atoms with E-state index in [9.17, 15) is 0 Å². The third kappa shape index (κ3) is 3.92. The highest BCUT2D eigenvalue weighted by molar-refractivity contribution is 6.16. The highest BCUT2D eigenvalue weighted by Crippen LogP contribution is 2.40. The Hall–Kier alpha value is -6.39. The van der Waals surface area contributed by atoms with Gasteiger partial charge in [-0.3, -0.25) is 0 Å². The summed E-state index contributed by atoms with van der Waals surface area (Å²) >= 11 is 0. The van der Waals surface area contributed by atoms with E-state index in [2.05, 4.69) is 173 Å². The number of nitrogens with zero attached hydrogens (tertiary/aromatic N) is 3. The summed E-state index contributed by atoms with van der Waals surface area (Å²) in [6, 6.07) is 57.7. The van der Waals surface area contributed by atoms with E-state index < -0.39 is 0 Å². The Balaban J connectivity index is 1.12. The van der Waals surface area contributed by atoms with Crippen LogP contribution in [0.25, 0.3) is 88.7 Å². The van der Waals surface area contributed by atoms with Gasteiger partial charge in [0.1, 0.15) is 5.52 Å². The fourth-order valence-electron chi connectivity index (χ4n) is 7.29. The molecule has 4 nitrogen and oxygen atoms in total. The topological polar surface area (TPSA) is 35.9 Å². The zero-order chi connectivity index (χ0) is 30.9. The molecular weight excluding hydrogens is 574 g/mol. The van der Waals surface area contributed by atoms with Crippen LogP contribution in [0.3, 0.4) is 0 Å². The molecule has 0 bridgehead atoms. The summed E-state index contributed by atoms with van der Waals surface area (Å²) in [6.07, 6.45) is 0. The average Bonchev–Trinajstić information content (AvgIpc) is 3.82. The second kappa shape index (κ2) is 10.1. The number of oxazole rings is 1. The van der Waals surface area contributed by atoms with Crippen LogP contribution < -0.4 is 0 Å². The number of hydrogen-bond acceptors (Lipinski definition) is 2. The largest absolute Gasteiger partial charge is 0.436 e. The van der Waals surface area contributed by atoms with Crippen molar-refractivity contribution in [1.82, 2.24) is 14.1 Å². The van der Waals surface area contributed by atoms with Gasteiger partial charge in [0.25, 0.3) is 0 Å². The summed E-state index contributed by atoms with van der Waals surface area (Å²) in [4.78, 5) is 4.95. The maximum atomic E-state index is 6.52. The minimum absolute atomic E-state index is 0.620. The Labute approximate surface area is 270 Å². The molecule has 0 fully saturated rings. The van der Waals surface area contributed by atoms with Crippen LogP contribution in [-0.4, -0.2) is 14.1 Å². The van der Waals surface area contributed by atoms with Crippen LogP contribution >= 0.6 is 0 Å². The van der Waals surface area contributed by atoms with Crippen molar-refractivity contribution in [2.24, 2.45) is 0 Å². The van der Waals surface area contributed by atoms with Crippen molar-refractivity contribution in [3.63, 3.8) is 0 Å². The van der Waals surface area contributed by atoms with Crippen LogP contribution in [0.4, 0.5) is 0 Å². The van der Waals surface area contributed by atoms with Crippen LogP contribution in [0.5, 0.6) is 0 Å². The molecule has 0 spiro atoms. The lowest BCUT2D eigenvalue weighted by Gasteiger charge is -2.08. The number of rotatable bonds is 4. The molecule has 4 heteroatoms. The van der Waals surface area contributed by atoms with Gasteiger partial charge in [-0.1, -0.05) is 91.0 Å². The third-order valence-corrected chi connectivity index (χ3v) is 9.35. The Kier molecular flexibility index (Phi) is 5.54. The average molecular weight is 602 g/mol. The first kappa shape index (κ1) is 25.9. The van der Waals surface area contributed by atoms with E-state index >= 15 is 0 Å². The number of aromatic nitrogens is 3. The predicted octanol–water partition coefficient (Wildman–Crippen LogP) is 11.4. The normalized spacial score (nSPS) is 11.8. The van der Waals surface area contributed by atoms with Crippen molar-refractivity contribution in [1.29, 1.82) is 0 Å². The van der Waals surface area contributed by atoms with Crippen LogP contribution in [0.2, 0.25) is 0 Å². The van der Waals surface area contributed by atoms with Gasteiger partial charge in [0.2, 0.25) is 5.89 Å². The highest BCUT2D eigenvalue weighted by Gasteiger charge is 2.18. The van der Waals surface area contributed by atoms with E-state index in [4.69, 9.17) is 9.40 Å². The molecule has 0 amide bonds. The first-order chi connectivity index (χ1) is 23.3. The number of para-hydroxylation sites is 4. The van der Waals surface area contributed by atoms with Gasteiger partial charge in [-0.05, 0) is 83.9 Å². The van der Waals surface area contributed by atoms with Crippen molar-refractivity contribution in [3.05, 3.63) is 164 Å². The molecule has 10 rings (SSSR count). The summed E-state index contributed by atoms with van der Waals surface area (Å²) in [7, 11) is 0. The van der Waals surface area contributed by atoms with E-state index in [-0.39, 0.29) is 0 Å². The summed E-state index contributed by atoms with van der Waals surface area (Å²) in [5.74, 6) is 0.620. The molecule has 0 saturated heterocycles. The molecule has 0 radical (unpaired) electrons. The molecule has 0 unspecified atom stereocenters. The Bertz CT molecular complexity index is 2780. The number of fused-ring (bicyclic) bond motifs is 7. The van der Waals surface area contributed by atoms with Crippen LogP contribution in [0, 0.1) is 0 Å². The van der Waals surface area contributed by atoms with E-state index in [1.807, 2.05) is 0 Å². The van der Waals surface area contributed by atoms with Gasteiger partial charge in [0, 0.05) is 38.5 Å². The van der Waals surface area contributed by atoms with Crippen LogP contribution in [-0.2, 0) is 0 Å². The van der Waals surface area contributed by atoms with Gasteiger partial charge in [-0.25, -0.2) is 4.98 Å². The van der Waals surface area contributed by atoms with Gasteiger partial charge in [-0.2, -0.15) is 0 Å². The number of hydrogen-bond donors (Lipinski definition) is 0. The Morgan fingerprint density at radius 3 is 1.79 bits per heavy atom. The molecule has 0 atom stereocenters. The van der Waals surface area contributed by atoms with Crippen molar-refractivity contribution in [3.8, 4) is 34.0 Å². The molecule has 220 valence electrons. The predicted molar refractivity (Wildman–Crippen MR) is 194 cm³/mol. The van der Waals surface area contributed by atoms with Gasteiger partial charge in [0.15, 0.2) is 5.58 Å². The minimum atomic E-state index is 0.620. The molecule has 0 aliphatic heterocycles. The van der Waals surface area contributed by atoms with E-state index in [0.717, 1.165) is 39.1 Å². The molecule has 0 N–H and O–H groups in total. The monoisotopic (exact) mass is 601 g/mol. The molecular formula is C43H27N3O. The van der Waals surface area contributed by atoms with Crippen molar-refractivity contribution in [2.75, 3.05) is 0 Å². The molecule has 7 aromatic carbocycles. The second-order valence-corrected chi connectivity index (χ2v) is 12.0. The fourth-order valence-corrected chi connectivity index (χ4v) is 7.29. The minimum Gasteiger partial charge on any atom is -0.436 e. The summed E-state index contributed by atoms with van der Waals surface area (Å²) in [5, 5.41) is 4.83. The fraction of sp³-hybridized carbons (Fsp3) is 0. The quantitative estimate of drug-likeness (QED) is 0.201. The van der Waals surface area contributed by atoms with Crippen LogP contribution in [0.1, 0.15) is 0 Å². The molecule has 0 aliphatic rings. The maximum Gasteiger partial charge on any atom is 0.227 e. The smallest absolute Gasteiger partial charge is 0.227 e. The van der Waals surface area contributed by atoms with Gasteiger partial charge in [0.05, 0.1) is 22.1 Å². The van der Waals surface area contributed by atoms with Gasteiger partial charge in [-0.15, -0.1) is 0 Å². The SMILES string of the molecule is c1ccc(-n2c3ccccc3c3cc(-c4nc5ccc(-c6cccc7c6c6ccccc6n7-c6ccccc6)cc5o4)ccc32)cc1. The Morgan fingerprint density at radius 1 is 0.426 bits per heavy atom. The third-order valence-electron chi connectivity index (χ3n) is 9.35. The van der Waals surface area contributed by atoms with E-state index in [1.165, 1.54) is 43.7 Å². The van der Waals surface area contributed by atoms with E-state index in [0.29, 0.717) is 5.89 Å². The molecule has 0 saturated carbocycles. The zero-order valence-corrected chi connectivity index (χ0v) is 25.3. The summed E-state index contributed by atoms with van der Waals surface area (Å²) < 4.78 is 11.2. The first-order valence-electron chi connectivity index (χ1n) is 15.9. The molecule has 3 heterocycles. The maximum absolute atomic E-state index is 6.52. The molecule has 0 aliphatic carbocycles. The Morgan fingerprint density at radius 2 is 1.02 bits per heavy atom. The molecule has 3 aromatic heterocycles. The van der Waals surface area contributed by atoms with Crippen LogP contribution in [0.15, 0.2) is 168 Å². The second-order valence-electron chi connectivity index (χ2n) is 12.0. The van der Waals surface area contributed by atoms with Crippen molar-refractivity contribution in [2.45, 2.75) is 0 Å². The van der Waals surface area contributed by atoms with Gasteiger partial charge < -0.3 is 13.6 Å². The van der Waals surface area contributed by atoms with Crippen molar-refractivity contribution < 1.29 is 4.42 Å². The summed E-state index contributed by atoms with van der Waals surface area (Å²) in [6.45, 7) is 0. The molecule has 10 aromatic rings. The van der Waals surface area contributed by atoms with Gasteiger partial charge >= 0.3 is 0 Å². The highest BCUT2D eigenvalue weighted by atomic mass is 16.3. The first-order valence-corrected chi connectivity index (χ1v) is 15.9. The summed E-state index contributed by atoms with van der Waals surface area (Å²) in [5.41, 5.74) is 11.8. The molecule has 47 heavy (non-hydrogen) atoms. The zero-order valence-electron chi connectivity index (χ0n) is 25.3. The lowest BCUT2D eigenvalue weighted by Crippen LogP contribution is -1.92. The lowest BCUT2D eigenvalue weighted by atomic mass is 9.99. The van der Waals surface area contributed by atoms with E-state index in [1.54, 1.807) is 0 Å².